The predicted molar refractivity (Wildman–Crippen MR) is 132 cm³/mol. The molecule has 2 atom stereocenters. The van der Waals surface area contributed by atoms with Crippen LogP contribution in [0.4, 0.5) is 0 Å². The van der Waals surface area contributed by atoms with Gasteiger partial charge in [0.1, 0.15) is 11.6 Å². The number of aliphatic hydroxyl groups is 2. The molecule has 1 aromatic carbocycles. The van der Waals surface area contributed by atoms with Gasteiger partial charge in [-0.15, -0.1) is 0 Å². The highest BCUT2D eigenvalue weighted by molar-refractivity contribution is 5.95. The quantitative estimate of drug-likeness (QED) is 0.581. The maximum Gasteiger partial charge on any atom is 0.257 e. The number of nitrogens with one attached hydrogen (secondary N) is 1. The van der Waals surface area contributed by atoms with Gasteiger partial charge in [-0.1, -0.05) is 18.2 Å². The van der Waals surface area contributed by atoms with Crippen molar-refractivity contribution >= 4 is 11.8 Å². The van der Waals surface area contributed by atoms with E-state index < -0.39 is 17.6 Å². The summed E-state index contributed by atoms with van der Waals surface area (Å²) >= 11 is 0. The molecule has 3 heterocycles. The Bertz CT molecular complexity index is 1130. The second-order valence-corrected chi connectivity index (χ2v) is 10.5. The standard InChI is InChI=1S/C27H34N4O5/c1-17-20(14-28-25(30-17)18-6-7-18)26(35)31-10-8-27(9-11-31)13-22(33)21(32)12-19-4-2-3-5-23(19)36-15-24(34)29-16-27/h2-5,14,18,21-22,32-33H,6-13,15-16H2,1H3,(H,29,34)/t21-,22+/m0/s1. The average molecular weight is 495 g/mol. The number of hydrogen-bond donors (Lipinski definition) is 3. The number of amides is 2. The molecule has 0 radical (unpaired) electrons. The summed E-state index contributed by atoms with van der Waals surface area (Å²) in [7, 11) is 0. The molecule has 2 fully saturated rings. The number of ether oxygens (including phenoxy) is 1. The van der Waals surface area contributed by atoms with Crippen molar-refractivity contribution in [2.45, 2.75) is 63.6 Å². The van der Waals surface area contributed by atoms with Crippen LogP contribution in [0.2, 0.25) is 0 Å². The number of benzene rings is 1. The average Bonchev–Trinajstić information content (AvgIpc) is 3.72. The van der Waals surface area contributed by atoms with Gasteiger partial charge in [0.05, 0.1) is 23.5 Å². The lowest BCUT2D eigenvalue weighted by Crippen LogP contribution is -2.51. The minimum Gasteiger partial charge on any atom is -0.483 e. The molecule has 1 spiro atoms. The minimum atomic E-state index is -0.970. The zero-order chi connectivity index (χ0) is 25.3. The second kappa shape index (κ2) is 10.1. The van der Waals surface area contributed by atoms with Gasteiger partial charge in [-0.2, -0.15) is 0 Å². The number of aliphatic hydroxyl groups excluding tert-OH is 2. The highest BCUT2D eigenvalue weighted by Gasteiger charge is 2.40. The lowest BCUT2D eigenvalue weighted by molar-refractivity contribution is -0.124. The second-order valence-electron chi connectivity index (χ2n) is 10.5. The summed E-state index contributed by atoms with van der Waals surface area (Å²) in [4.78, 5) is 36.6. The Balaban J connectivity index is 1.28. The molecule has 192 valence electrons. The van der Waals surface area contributed by atoms with E-state index in [1.165, 1.54) is 0 Å². The first-order valence-corrected chi connectivity index (χ1v) is 12.8. The molecule has 9 nitrogen and oxygen atoms in total. The fourth-order valence-corrected chi connectivity index (χ4v) is 5.28. The van der Waals surface area contributed by atoms with Crippen LogP contribution in [-0.4, -0.2) is 75.3 Å². The number of aromatic nitrogens is 2. The number of aryl methyl sites for hydroxylation is 1. The van der Waals surface area contributed by atoms with Gasteiger partial charge in [0.2, 0.25) is 0 Å². The van der Waals surface area contributed by atoms with E-state index in [2.05, 4.69) is 15.3 Å². The third-order valence-electron chi connectivity index (χ3n) is 7.79. The molecule has 0 bridgehead atoms. The van der Waals surface area contributed by atoms with E-state index in [9.17, 15) is 19.8 Å². The molecule has 1 saturated heterocycles. The van der Waals surface area contributed by atoms with Gasteiger partial charge in [-0.05, 0) is 56.1 Å². The number of rotatable bonds is 2. The number of piperidine rings is 1. The van der Waals surface area contributed by atoms with E-state index in [1.54, 1.807) is 17.2 Å². The number of carbonyl (C=O) groups excluding carboxylic acids is 2. The molecule has 36 heavy (non-hydrogen) atoms. The Morgan fingerprint density at radius 2 is 1.92 bits per heavy atom. The van der Waals surface area contributed by atoms with Crippen LogP contribution in [0.5, 0.6) is 5.75 Å². The first kappa shape index (κ1) is 24.6. The van der Waals surface area contributed by atoms with Crippen LogP contribution in [0, 0.1) is 12.3 Å². The van der Waals surface area contributed by atoms with Crippen molar-refractivity contribution in [3.63, 3.8) is 0 Å². The normalized spacial score (nSPS) is 24.6. The highest BCUT2D eigenvalue weighted by atomic mass is 16.5. The van der Waals surface area contributed by atoms with E-state index in [0.29, 0.717) is 61.8 Å². The summed E-state index contributed by atoms with van der Waals surface area (Å²) in [5.41, 5.74) is 1.53. The van der Waals surface area contributed by atoms with Gasteiger partial charge in [-0.25, -0.2) is 9.97 Å². The van der Waals surface area contributed by atoms with Crippen LogP contribution in [0.1, 0.15) is 65.5 Å². The number of hydrogen-bond acceptors (Lipinski definition) is 7. The van der Waals surface area contributed by atoms with Gasteiger partial charge in [0.25, 0.3) is 11.8 Å². The van der Waals surface area contributed by atoms with Crippen molar-refractivity contribution in [1.82, 2.24) is 20.2 Å². The summed E-state index contributed by atoms with van der Waals surface area (Å²) in [6.45, 7) is 3.06. The molecule has 2 aromatic rings. The minimum absolute atomic E-state index is 0.0903. The van der Waals surface area contributed by atoms with Gasteiger partial charge in [-0.3, -0.25) is 9.59 Å². The van der Waals surface area contributed by atoms with Crippen LogP contribution in [-0.2, 0) is 11.2 Å². The maximum absolute atomic E-state index is 13.3. The van der Waals surface area contributed by atoms with Crippen molar-refractivity contribution in [2.75, 3.05) is 26.2 Å². The first-order chi connectivity index (χ1) is 17.3. The van der Waals surface area contributed by atoms with Crippen LogP contribution < -0.4 is 10.1 Å². The van der Waals surface area contributed by atoms with Crippen LogP contribution in [0.3, 0.4) is 0 Å². The Morgan fingerprint density at radius 1 is 1.17 bits per heavy atom. The SMILES string of the molecule is Cc1nc(C2CC2)ncc1C(=O)N1CCC2(CC1)CNC(=O)COc1ccccc1C[C@H](O)[C@H](O)C2. The van der Waals surface area contributed by atoms with Crippen LogP contribution in [0.25, 0.3) is 0 Å². The van der Waals surface area contributed by atoms with E-state index in [1.807, 2.05) is 25.1 Å². The predicted octanol–water partition coefficient (Wildman–Crippen LogP) is 1.75. The van der Waals surface area contributed by atoms with E-state index >= 15 is 0 Å². The zero-order valence-corrected chi connectivity index (χ0v) is 20.7. The Labute approximate surface area is 210 Å². The molecule has 2 aliphatic heterocycles. The smallest absolute Gasteiger partial charge is 0.257 e. The fraction of sp³-hybridized carbons (Fsp3) is 0.556. The molecule has 1 aromatic heterocycles. The molecule has 9 heteroatoms. The molecule has 3 aliphatic rings. The van der Waals surface area contributed by atoms with E-state index in [0.717, 1.165) is 24.2 Å². The molecular weight excluding hydrogens is 460 g/mol. The largest absolute Gasteiger partial charge is 0.483 e. The molecule has 1 saturated carbocycles. The Kier molecular flexibility index (Phi) is 6.94. The molecule has 2 amide bonds. The molecule has 1 aliphatic carbocycles. The number of fused-ring (bicyclic) bond motifs is 1. The summed E-state index contributed by atoms with van der Waals surface area (Å²) in [6, 6.07) is 7.24. The number of likely N-dealkylation sites (tertiary alicyclic amines) is 1. The maximum atomic E-state index is 13.3. The van der Waals surface area contributed by atoms with E-state index in [4.69, 9.17) is 4.74 Å². The number of nitrogens with zero attached hydrogens (tertiary/aromatic N) is 3. The molecule has 3 N–H and O–H groups in total. The van der Waals surface area contributed by atoms with Gasteiger partial charge in [0, 0.05) is 38.2 Å². The summed E-state index contributed by atoms with van der Waals surface area (Å²) in [6.07, 6.45) is 3.69. The summed E-state index contributed by atoms with van der Waals surface area (Å²) in [5.74, 6) is 1.46. The monoisotopic (exact) mass is 494 g/mol. The third-order valence-corrected chi connectivity index (χ3v) is 7.79. The fourth-order valence-electron chi connectivity index (χ4n) is 5.28. The zero-order valence-electron chi connectivity index (χ0n) is 20.7. The highest BCUT2D eigenvalue weighted by Crippen LogP contribution is 2.39. The van der Waals surface area contributed by atoms with Crippen molar-refractivity contribution in [2.24, 2.45) is 5.41 Å². The number of carbonyl (C=O) groups is 2. The van der Waals surface area contributed by atoms with Gasteiger partial charge < -0.3 is 25.2 Å². The molecular formula is C27H34N4O5. The van der Waals surface area contributed by atoms with Gasteiger partial charge in [0.15, 0.2) is 6.61 Å². The first-order valence-electron chi connectivity index (χ1n) is 12.8. The third kappa shape index (κ3) is 5.37. The Hall–Kier alpha value is -3.04. The molecule has 0 unspecified atom stereocenters. The lowest BCUT2D eigenvalue weighted by atomic mass is 9.73. The molecule has 5 rings (SSSR count). The number of para-hydroxylation sites is 1. The van der Waals surface area contributed by atoms with Crippen molar-refractivity contribution in [3.8, 4) is 5.75 Å². The van der Waals surface area contributed by atoms with Gasteiger partial charge >= 0.3 is 0 Å². The van der Waals surface area contributed by atoms with Crippen LogP contribution >= 0.6 is 0 Å². The Morgan fingerprint density at radius 3 is 2.64 bits per heavy atom. The van der Waals surface area contributed by atoms with Crippen molar-refractivity contribution in [3.05, 3.63) is 53.1 Å². The summed E-state index contributed by atoms with van der Waals surface area (Å²) in [5, 5.41) is 24.7. The van der Waals surface area contributed by atoms with Crippen molar-refractivity contribution in [1.29, 1.82) is 0 Å². The van der Waals surface area contributed by atoms with E-state index in [-0.39, 0.29) is 24.8 Å². The van der Waals surface area contributed by atoms with Crippen molar-refractivity contribution < 1.29 is 24.5 Å². The topological polar surface area (TPSA) is 125 Å². The van der Waals surface area contributed by atoms with Crippen LogP contribution in [0.15, 0.2) is 30.5 Å². The summed E-state index contributed by atoms with van der Waals surface area (Å²) < 4.78 is 5.70. The lowest BCUT2D eigenvalue weighted by Gasteiger charge is -2.43.